The van der Waals surface area contributed by atoms with Crippen LogP contribution in [0.1, 0.15) is 66.1 Å². The largest absolute Gasteiger partial charge is 0.356 e. The van der Waals surface area contributed by atoms with Crippen LogP contribution in [0.4, 0.5) is 0 Å². The number of rotatable bonds is 3. The SMILES string of the molecule is CC(C)c1cc(C(=O)N[C@@H]2CCCc3c2[nH]c2ccccc32)n[nH]1. The molecule has 0 aliphatic heterocycles. The van der Waals surface area contributed by atoms with Crippen molar-refractivity contribution in [2.45, 2.75) is 45.1 Å². The van der Waals surface area contributed by atoms with Crippen molar-refractivity contribution in [2.75, 3.05) is 0 Å². The Kier molecular flexibility index (Phi) is 3.63. The van der Waals surface area contributed by atoms with E-state index in [0.29, 0.717) is 11.6 Å². The van der Waals surface area contributed by atoms with Crippen LogP contribution in [-0.2, 0) is 6.42 Å². The molecule has 1 atom stereocenters. The maximum atomic E-state index is 12.6. The molecular formula is C19H22N4O. The number of aryl methyl sites for hydroxylation is 1. The van der Waals surface area contributed by atoms with E-state index in [4.69, 9.17) is 0 Å². The van der Waals surface area contributed by atoms with Crippen LogP contribution in [-0.4, -0.2) is 21.1 Å². The summed E-state index contributed by atoms with van der Waals surface area (Å²) in [5, 5.41) is 11.5. The Hall–Kier alpha value is -2.56. The molecule has 2 heterocycles. The van der Waals surface area contributed by atoms with E-state index in [2.05, 4.69) is 52.5 Å². The molecule has 1 aliphatic carbocycles. The third kappa shape index (κ3) is 2.50. The third-order valence-electron chi connectivity index (χ3n) is 4.87. The number of H-pyrrole nitrogens is 2. The van der Waals surface area contributed by atoms with Crippen molar-refractivity contribution in [3.8, 4) is 0 Å². The van der Waals surface area contributed by atoms with Gasteiger partial charge in [-0.3, -0.25) is 9.89 Å². The Morgan fingerprint density at radius 2 is 2.17 bits per heavy atom. The highest BCUT2D eigenvalue weighted by atomic mass is 16.2. The molecule has 0 spiro atoms. The molecule has 0 radical (unpaired) electrons. The number of benzene rings is 1. The van der Waals surface area contributed by atoms with Crippen LogP contribution < -0.4 is 5.32 Å². The number of nitrogens with one attached hydrogen (secondary N) is 3. The van der Waals surface area contributed by atoms with Gasteiger partial charge in [0.1, 0.15) is 5.69 Å². The zero-order chi connectivity index (χ0) is 16.7. The molecule has 24 heavy (non-hydrogen) atoms. The van der Waals surface area contributed by atoms with Gasteiger partial charge in [0.15, 0.2) is 0 Å². The first-order valence-corrected chi connectivity index (χ1v) is 8.59. The summed E-state index contributed by atoms with van der Waals surface area (Å²) in [4.78, 5) is 16.1. The van der Waals surface area contributed by atoms with Gasteiger partial charge in [-0.25, -0.2) is 0 Å². The van der Waals surface area contributed by atoms with Crippen LogP contribution in [0.2, 0.25) is 0 Å². The minimum atomic E-state index is -0.116. The summed E-state index contributed by atoms with van der Waals surface area (Å²) < 4.78 is 0. The molecule has 5 heteroatoms. The van der Waals surface area contributed by atoms with Crippen molar-refractivity contribution in [1.29, 1.82) is 0 Å². The zero-order valence-electron chi connectivity index (χ0n) is 14.0. The Labute approximate surface area is 140 Å². The van der Waals surface area contributed by atoms with Gasteiger partial charge in [0.25, 0.3) is 5.91 Å². The molecule has 1 aromatic carbocycles. The number of aromatic amines is 2. The van der Waals surface area contributed by atoms with E-state index in [1.54, 1.807) is 0 Å². The highest BCUT2D eigenvalue weighted by molar-refractivity contribution is 5.93. The predicted molar refractivity (Wildman–Crippen MR) is 94.1 cm³/mol. The van der Waals surface area contributed by atoms with Crippen molar-refractivity contribution >= 4 is 16.8 Å². The normalized spacial score (nSPS) is 17.2. The van der Waals surface area contributed by atoms with Crippen molar-refractivity contribution in [2.24, 2.45) is 0 Å². The number of carbonyl (C=O) groups excluding carboxylic acids is 1. The summed E-state index contributed by atoms with van der Waals surface area (Å²) >= 11 is 0. The van der Waals surface area contributed by atoms with Gasteiger partial charge in [0, 0.05) is 22.3 Å². The average Bonchev–Trinajstić information content (AvgIpc) is 3.20. The number of nitrogens with zero attached hydrogens (tertiary/aromatic N) is 1. The van der Waals surface area contributed by atoms with Crippen LogP contribution >= 0.6 is 0 Å². The molecule has 1 aliphatic rings. The van der Waals surface area contributed by atoms with Gasteiger partial charge >= 0.3 is 0 Å². The van der Waals surface area contributed by atoms with Gasteiger partial charge < -0.3 is 10.3 Å². The second kappa shape index (κ2) is 5.82. The Bertz CT molecular complexity index is 890. The monoisotopic (exact) mass is 322 g/mol. The number of carbonyl (C=O) groups is 1. The van der Waals surface area contributed by atoms with Crippen LogP contribution in [0.25, 0.3) is 10.9 Å². The fourth-order valence-electron chi connectivity index (χ4n) is 3.54. The summed E-state index contributed by atoms with van der Waals surface area (Å²) in [5.74, 6) is 0.212. The van der Waals surface area contributed by atoms with E-state index in [1.165, 1.54) is 10.9 Å². The molecule has 4 rings (SSSR count). The molecule has 5 nitrogen and oxygen atoms in total. The summed E-state index contributed by atoms with van der Waals surface area (Å²) in [6.07, 6.45) is 3.09. The first kappa shape index (κ1) is 15.0. The number of para-hydroxylation sites is 1. The third-order valence-corrected chi connectivity index (χ3v) is 4.87. The van der Waals surface area contributed by atoms with Gasteiger partial charge in [-0.1, -0.05) is 32.0 Å². The highest BCUT2D eigenvalue weighted by Crippen LogP contribution is 2.34. The van der Waals surface area contributed by atoms with E-state index in [-0.39, 0.29) is 11.9 Å². The van der Waals surface area contributed by atoms with Crippen LogP contribution in [0.3, 0.4) is 0 Å². The lowest BCUT2D eigenvalue weighted by Gasteiger charge is -2.23. The molecular weight excluding hydrogens is 300 g/mol. The van der Waals surface area contributed by atoms with E-state index in [9.17, 15) is 4.79 Å². The molecule has 2 aromatic heterocycles. The zero-order valence-corrected chi connectivity index (χ0v) is 14.0. The van der Waals surface area contributed by atoms with Crippen molar-refractivity contribution in [1.82, 2.24) is 20.5 Å². The van der Waals surface area contributed by atoms with Crippen molar-refractivity contribution < 1.29 is 4.79 Å². The molecule has 0 bridgehead atoms. The van der Waals surface area contributed by atoms with Crippen LogP contribution in [0.5, 0.6) is 0 Å². The van der Waals surface area contributed by atoms with Gasteiger partial charge in [0.2, 0.25) is 0 Å². The summed E-state index contributed by atoms with van der Waals surface area (Å²) in [7, 11) is 0. The standard InChI is InChI=1S/C19H22N4O/c1-11(2)16-10-17(23-22-16)19(24)21-15-9-5-7-13-12-6-3-4-8-14(12)20-18(13)15/h3-4,6,8,10-11,15,20H,5,7,9H2,1-2H3,(H,21,24)(H,22,23)/t15-/m1/s1. The lowest BCUT2D eigenvalue weighted by atomic mass is 9.91. The summed E-state index contributed by atoms with van der Waals surface area (Å²) in [6.45, 7) is 4.15. The van der Waals surface area contributed by atoms with Crippen molar-refractivity contribution in [3.05, 3.63) is 53.0 Å². The van der Waals surface area contributed by atoms with E-state index < -0.39 is 0 Å². The second-order valence-corrected chi connectivity index (χ2v) is 6.84. The van der Waals surface area contributed by atoms with E-state index >= 15 is 0 Å². The minimum absolute atomic E-state index is 0.0212. The maximum Gasteiger partial charge on any atom is 0.272 e. The van der Waals surface area contributed by atoms with Gasteiger partial charge in [-0.15, -0.1) is 0 Å². The summed E-state index contributed by atoms with van der Waals surface area (Å²) in [6, 6.07) is 10.2. The first-order valence-electron chi connectivity index (χ1n) is 8.59. The topological polar surface area (TPSA) is 73.6 Å². The molecule has 124 valence electrons. The number of hydrogen-bond donors (Lipinski definition) is 3. The molecule has 3 aromatic rings. The number of hydrogen-bond acceptors (Lipinski definition) is 2. The highest BCUT2D eigenvalue weighted by Gasteiger charge is 2.26. The summed E-state index contributed by atoms with van der Waals surface area (Å²) in [5.41, 5.74) is 5.07. The Balaban J connectivity index is 1.61. The molecule has 1 amide bonds. The lowest BCUT2D eigenvalue weighted by Crippen LogP contribution is -2.31. The van der Waals surface area contributed by atoms with E-state index in [0.717, 1.165) is 36.2 Å². The predicted octanol–water partition coefficient (Wildman–Crippen LogP) is 3.82. The average molecular weight is 322 g/mol. The molecule has 0 saturated carbocycles. The van der Waals surface area contributed by atoms with E-state index in [1.807, 2.05) is 12.1 Å². The molecule has 3 N–H and O–H groups in total. The lowest BCUT2D eigenvalue weighted by molar-refractivity contribution is 0.0927. The first-order chi connectivity index (χ1) is 11.6. The van der Waals surface area contributed by atoms with Gasteiger partial charge in [-0.2, -0.15) is 5.10 Å². The Morgan fingerprint density at radius 3 is 2.96 bits per heavy atom. The molecule has 0 unspecified atom stereocenters. The number of amides is 1. The number of fused-ring (bicyclic) bond motifs is 3. The Morgan fingerprint density at radius 1 is 1.33 bits per heavy atom. The number of aromatic nitrogens is 3. The fraction of sp³-hybridized carbons (Fsp3) is 0.368. The smallest absolute Gasteiger partial charge is 0.272 e. The fourth-order valence-corrected chi connectivity index (χ4v) is 3.54. The van der Waals surface area contributed by atoms with Crippen LogP contribution in [0.15, 0.2) is 30.3 Å². The molecule has 0 fully saturated rings. The molecule has 0 saturated heterocycles. The van der Waals surface area contributed by atoms with Crippen molar-refractivity contribution in [3.63, 3.8) is 0 Å². The quantitative estimate of drug-likeness (QED) is 0.686. The van der Waals surface area contributed by atoms with Gasteiger partial charge in [0.05, 0.1) is 6.04 Å². The minimum Gasteiger partial charge on any atom is -0.356 e. The second-order valence-electron chi connectivity index (χ2n) is 6.84. The maximum absolute atomic E-state index is 12.6. The van der Waals surface area contributed by atoms with Gasteiger partial charge in [-0.05, 0) is 42.9 Å². The van der Waals surface area contributed by atoms with Crippen LogP contribution in [0, 0.1) is 0 Å².